The quantitative estimate of drug-likeness (QED) is 0.538. The number of β-amino-alcohol motifs (C(OH)–C–C–N with tert-alkyl or cyclic N) is 1. The summed E-state index contributed by atoms with van der Waals surface area (Å²) in [7, 11) is 0. The van der Waals surface area contributed by atoms with Gasteiger partial charge >= 0.3 is 0 Å². The Hall–Kier alpha value is -0.340. The Balaban J connectivity index is 2.27. The fourth-order valence-electron chi connectivity index (χ4n) is 0.954. The summed E-state index contributed by atoms with van der Waals surface area (Å²) in [6, 6.07) is 0.731. The van der Waals surface area contributed by atoms with Crippen LogP contribution in [0, 0.1) is 0 Å². The Morgan fingerprint density at radius 2 is 2.67 bits per heavy atom. The average Bonchev–Trinajstić information content (AvgIpc) is 1.95. The third kappa shape index (κ3) is 2.16. The highest BCUT2D eigenvalue weighted by atomic mass is 16.3. The SMILES string of the molecule is [2H]C1=CCN(CCO)CC1. The highest BCUT2D eigenvalue weighted by Crippen LogP contribution is 1.98. The van der Waals surface area contributed by atoms with Gasteiger partial charge in [-0.1, -0.05) is 12.1 Å². The van der Waals surface area contributed by atoms with E-state index in [1.807, 2.05) is 6.08 Å². The van der Waals surface area contributed by atoms with Gasteiger partial charge in [0, 0.05) is 19.6 Å². The lowest BCUT2D eigenvalue weighted by Crippen LogP contribution is -2.29. The van der Waals surface area contributed by atoms with Crippen LogP contribution in [0.15, 0.2) is 12.1 Å². The smallest absolute Gasteiger partial charge is 0.0573 e. The van der Waals surface area contributed by atoms with E-state index in [0.29, 0.717) is 0 Å². The first kappa shape index (κ1) is 5.45. The van der Waals surface area contributed by atoms with Crippen LogP contribution in [0.2, 0.25) is 0 Å². The second-order valence-corrected chi connectivity index (χ2v) is 2.18. The van der Waals surface area contributed by atoms with E-state index in [1.165, 1.54) is 0 Å². The molecule has 1 rings (SSSR count). The zero-order valence-electron chi connectivity index (χ0n) is 6.51. The number of hydrogen-bond donors (Lipinski definition) is 1. The molecule has 0 fully saturated rings. The maximum Gasteiger partial charge on any atom is 0.0573 e. The maximum atomic E-state index is 8.58. The van der Waals surface area contributed by atoms with Crippen molar-refractivity contribution in [2.45, 2.75) is 6.42 Å². The van der Waals surface area contributed by atoms with E-state index < -0.39 is 0 Å². The predicted octanol–water partition coefficient (Wildman–Crippen LogP) is 0.241. The first-order valence-electron chi connectivity index (χ1n) is 3.82. The van der Waals surface area contributed by atoms with E-state index in [9.17, 15) is 0 Å². The van der Waals surface area contributed by atoms with Crippen molar-refractivity contribution >= 4 is 0 Å². The minimum Gasteiger partial charge on any atom is -0.395 e. The summed E-state index contributed by atoms with van der Waals surface area (Å²) >= 11 is 0. The molecule has 0 aromatic rings. The molecule has 0 saturated heterocycles. The number of aliphatic hydroxyl groups excluding tert-OH is 1. The van der Waals surface area contributed by atoms with Crippen molar-refractivity contribution in [3.05, 3.63) is 12.1 Å². The summed E-state index contributed by atoms with van der Waals surface area (Å²) < 4.78 is 7.27. The molecule has 0 radical (unpaired) electrons. The predicted molar refractivity (Wildman–Crippen MR) is 37.3 cm³/mol. The van der Waals surface area contributed by atoms with Crippen LogP contribution in [0.25, 0.3) is 0 Å². The lowest BCUT2D eigenvalue weighted by atomic mass is 10.2. The third-order valence-electron chi connectivity index (χ3n) is 1.48. The molecule has 0 unspecified atom stereocenters. The first-order chi connectivity index (χ1) is 4.83. The lowest BCUT2D eigenvalue weighted by molar-refractivity contribution is 0.206. The van der Waals surface area contributed by atoms with E-state index >= 15 is 0 Å². The van der Waals surface area contributed by atoms with Gasteiger partial charge in [-0.15, -0.1) is 0 Å². The maximum absolute atomic E-state index is 8.58. The van der Waals surface area contributed by atoms with E-state index in [-0.39, 0.29) is 6.61 Å². The van der Waals surface area contributed by atoms with Gasteiger partial charge in [0.15, 0.2) is 0 Å². The molecule has 0 bridgehead atoms. The van der Waals surface area contributed by atoms with Gasteiger partial charge in [-0.2, -0.15) is 0 Å². The monoisotopic (exact) mass is 128 g/mol. The van der Waals surface area contributed by atoms with E-state index in [2.05, 4.69) is 4.90 Å². The van der Waals surface area contributed by atoms with Crippen molar-refractivity contribution in [2.75, 3.05) is 26.2 Å². The molecule has 0 aromatic carbocycles. The summed E-state index contributed by atoms with van der Waals surface area (Å²) in [5, 5.41) is 8.58. The van der Waals surface area contributed by atoms with Crippen molar-refractivity contribution in [2.24, 2.45) is 0 Å². The molecule has 0 amide bonds. The van der Waals surface area contributed by atoms with Crippen molar-refractivity contribution in [3.8, 4) is 0 Å². The van der Waals surface area contributed by atoms with Crippen molar-refractivity contribution in [1.82, 2.24) is 4.90 Å². The van der Waals surface area contributed by atoms with Gasteiger partial charge in [-0.3, -0.25) is 4.90 Å². The van der Waals surface area contributed by atoms with Crippen LogP contribution in [0.3, 0.4) is 0 Å². The summed E-state index contributed by atoms with van der Waals surface area (Å²) in [6.45, 7) is 2.72. The van der Waals surface area contributed by atoms with Crippen LogP contribution in [-0.4, -0.2) is 36.2 Å². The molecule has 1 aliphatic heterocycles. The number of rotatable bonds is 2. The largest absolute Gasteiger partial charge is 0.395 e. The topological polar surface area (TPSA) is 23.5 Å². The van der Waals surface area contributed by atoms with E-state index in [1.54, 1.807) is 0 Å². The molecule has 52 valence electrons. The zero-order valence-corrected chi connectivity index (χ0v) is 5.51. The van der Waals surface area contributed by atoms with Gasteiger partial charge in [-0.05, 0) is 6.42 Å². The molecule has 1 aliphatic rings. The molecule has 0 aliphatic carbocycles. The zero-order chi connectivity index (χ0) is 7.40. The fraction of sp³-hybridized carbons (Fsp3) is 0.714. The number of nitrogens with zero attached hydrogens (tertiary/aromatic N) is 1. The van der Waals surface area contributed by atoms with Crippen LogP contribution in [0.1, 0.15) is 7.79 Å². The lowest BCUT2D eigenvalue weighted by Gasteiger charge is -2.21. The minimum atomic E-state index is 0.223. The molecular formula is C7H13NO. The molecule has 2 nitrogen and oxygen atoms in total. The summed E-state index contributed by atoms with van der Waals surface area (Å²) in [5.74, 6) is 0. The van der Waals surface area contributed by atoms with Crippen molar-refractivity contribution in [3.63, 3.8) is 0 Å². The molecule has 9 heavy (non-hydrogen) atoms. The van der Waals surface area contributed by atoms with Gasteiger partial charge in [0.1, 0.15) is 0 Å². The summed E-state index contributed by atoms with van der Waals surface area (Å²) in [6.07, 6.45) is 2.74. The number of hydrogen-bond acceptors (Lipinski definition) is 2. The Labute approximate surface area is 57.2 Å². The average molecular weight is 128 g/mol. The second-order valence-electron chi connectivity index (χ2n) is 2.18. The highest BCUT2D eigenvalue weighted by molar-refractivity contribution is 4.90. The van der Waals surface area contributed by atoms with E-state index in [0.717, 1.165) is 32.1 Å². The Morgan fingerprint density at radius 1 is 1.78 bits per heavy atom. The van der Waals surface area contributed by atoms with Gasteiger partial charge in [0.25, 0.3) is 0 Å². The Bertz CT molecular complexity index is 136. The highest BCUT2D eigenvalue weighted by Gasteiger charge is 2.02. The summed E-state index contributed by atoms with van der Waals surface area (Å²) in [5.41, 5.74) is 0. The summed E-state index contributed by atoms with van der Waals surface area (Å²) in [4.78, 5) is 2.14. The fourth-order valence-corrected chi connectivity index (χ4v) is 0.954. The van der Waals surface area contributed by atoms with Crippen molar-refractivity contribution < 1.29 is 6.48 Å². The van der Waals surface area contributed by atoms with Crippen LogP contribution in [0.5, 0.6) is 0 Å². The first-order valence-corrected chi connectivity index (χ1v) is 3.32. The molecule has 0 spiro atoms. The minimum absolute atomic E-state index is 0.223. The Kier molecular flexibility index (Phi) is 2.20. The molecule has 1 N–H and O–H groups in total. The number of aliphatic hydroxyl groups is 1. The second kappa shape index (κ2) is 3.64. The van der Waals surface area contributed by atoms with Crippen LogP contribution in [0.4, 0.5) is 0 Å². The molecule has 1 heterocycles. The molecule has 2 heteroatoms. The van der Waals surface area contributed by atoms with Crippen LogP contribution < -0.4 is 0 Å². The van der Waals surface area contributed by atoms with Crippen molar-refractivity contribution in [1.29, 1.82) is 0 Å². The van der Waals surface area contributed by atoms with Gasteiger partial charge in [-0.25, -0.2) is 0 Å². The molecular weight excluding hydrogens is 114 g/mol. The molecule has 0 atom stereocenters. The van der Waals surface area contributed by atoms with Crippen LogP contribution in [-0.2, 0) is 0 Å². The van der Waals surface area contributed by atoms with Gasteiger partial charge in [0.2, 0.25) is 0 Å². The third-order valence-corrected chi connectivity index (χ3v) is 1.48. The van der Waals surface area contributed by atoms with Gasteiger partial charge in [0.05, 0.1) is 7.98 Å². The Morgan fingerprint density at radius 3 is 3.22 bits per heavy atom. The normalized spacial score (nSPS) is 23.2. The van der Waals surface area contributed by atoms with Crippen LogP contribution >= 0.6 is 0 Å². The standard InChI is InChI=1S/C7H13NO/c9-7-6-8-4-2-1-3-5-8/h1-2,9H,3-7H2/i1D. The van der Waals surface area contributed by atoms with E-state index in [4.69, 9.17) is 6.48 Å². The molecule has 0 aromatic heterocycles. The van der Waals surface area contributed by atoms with Gasteiger partial charge < -0.3 is 5.11 Å². The molecule has 0 saturated carbocycles.